The van der Waals surface area contributed by atoms with Crippen LogP contribution in [0.1, 0.15) is 25.7 Å². The summed E-state index contributed by atoms with van der Waals surface area (Å²) in [5, 5.41) is 17.8. The Hall–Kier alpha value is -0.610. The van der Waals surface area contributed by atoms with Gasteiger partial charge >= 0.3 is 5.97 Å². The molecule has 2 N–H and O–H groups in total. The number of rotatable bonds is 3. The molecular formula is C9H17NO3. The molecule has 0 aliphatic carbocycles. The topological polar surface area (TPSA) is 60.8 Å². The lowest BCUT2D eigenvalue weighted by Crippen LogP contribution is -2.27. The molecule has 0 radical (unpaired) electrons. The molecule has 0 aromatic rings. The fourth-order valence-electron chi connectivity index (χ4n) is 1.62. The number of carboxylic acids is 1. The molecule has 1 rings (SSSR count). The molecule has 4 nitrogen and oxygen atoms in total. The van der Waals surface area contributed by atoms with Crippen molar-refractivity contribution in [2.24, 2.45) is 0 Å². The maximum Gasteiger partial charge on any atom is 0.304 e. The van der Waals surface area contributed by atoms with Crippen LogP contribution in [0.3, 0.4) is 0 Å². The minimum Gasteiger partial charge on any atom is -0.481 e. The van der Waals surface area contributed by atoms with E-state index in [2.05, 4.69) is 4.90 Å². The van der Waals surface area contributed by atoms with E-state index in [-0.39, 0.29) is 12.5 Å². The molecular weight excluding hydrogens is 170 g/mol. The maximum atomic E-state index is 10.3. The normalized spacial score (nSPS) is 25.5. The van der Waals surface area contributed by atoms with Gasteiger partial charge in [-0.2, -0.15) is 0 Å². The van der Waals surface area contributed by atoms with Gasteiger partial charge in [0, 0.05) is 13.1 Å². The number of aliphatic carboxylic acids is 1. The quantitative estimate of drug-likeness (QED) is 0.667. The fraction of sp³-hybridized carbons (Fsp3) is 0.889. The van der Waals surface area contributed by atoms with Crippen molar-refractivity contribution >= 4 is 5.97 Å². The second-order valence-corrected chi connectivity index (χ2v) is 3.57. The average molecular weight is 187 g/mol. The molecule has 0 spiro atoms. The van der Waals surface area contributed by atoms with Gasteiger partial charge in [0.05, 0.1) is 12.5 Å². The van der Waals surface area contributed by atoms with Gasteiger partial charge < -0.3 is 15.1 Å². The zero-order valence-corrected chi connectivity index (χ0v) is 7.78. The Balaban J connectivity index is 2.22. The second kappa shape index (κ2) is 5.19. The minimum absolute atomic E-state index is 0.185. The molecule has 4 heteroatoms. The molecule has 1 heterocycles. The summed E-state index contributed by atoms with van der Waals surface area (Å²) in [4.78, 5) is 12.4. The Labute approximate surface area is 78.2 Å². The van der Waals surface area contributed by atoms with Gasteiger partial charge in [-0.1, -0.05) is 0 Å². The van der Waals surface area contributed by atoms with Gasteiger partial charge in [-0.05, 0) is 25.8 Å². The van der Waals surface area contributed by atoms with Crippen molar-refractivity contribution in [1.29, 1.82) is 0 Å². The summed E-state index contributed by atoms with van der Waals surface area (Å²) in [5.41, 5.74) is 0. The van der Waals surface area contributed by atoms with Crippen molar-refractivity contribution in [3.63, 3.8) is 0 Å². The van der Waals surface area contributed by atoms with Crippen molar-refractivity contribution in [1.82, 2.24) is 4.90 Å². The molecule has 1 atom stereocenters. The Morgan fingerprint density at radius 2 is 2.15 bits per heavy atom. The molecule has 0 aromatic carbocycles. The molecule has 1 saturated heterocycles. The summed E-state index contributed by atoms with van der Waals surface area (Å²) >= 11 is 0. The van der Waals surface area contributed by atoms with E-state index in [0.29, 0.717) is 6.54 Å². The highest BCUT2D eigenvalue weighted by atomic mass is 16.4. The van der Waals surface area contributed by atoms with Crippen molar-refractivity contribution in [2.75, 3.05) is 19.6 Å². The van der Waals surface area contributed by atoms with Crippen molar-refractivity contribution < 1.29 is 15.0 Å². The minimum atomic E-state index is -0.746. The summed E-state index contributed by atoms with van der Waals surface area (Å²) in [5.74, 6) is -0.746. The number of aliphatic hydroxyl groups excluding tert-OH is 1. The van der Waals surface area contributed by atoms with Crippen LogP contribution >= 0.6 is 0 Å². The molecule has 0 saturated carbocycles. The molecule has 76 valence electrons. The third-order valence-corrected chi connectivity index (χ3v) is 2.43. The molecule has 1 aliphatic heterocycles. The van der Waals surface area contributed by atoms with Gasteiger partial charge in [-0.3, -0.25) is 4.79 Å². The second-order valence-electron chi connectivity index (χ2n) is 3.57. The molecule has 0 amide bonds. The lowest BCUT2D eigenvalue weighted by Gasteiger charge is -2.18. The first-order valence-corrected chi connectivity index (χ1v) is 4.80. The van der Waals surface area contributed by atoms with E-state index in [9.17, 15) is 9.90 Å². The van der Waals surface area contributed by atoms with Crippen LogP contribution in [0.2, 0.25) is 0 Å². The Morgan fingerprint density at radius 3 is 2.85 bits per heavy atom. The van der Waals surface area contributed by atoms with Crippen LogP contribution in [0.15, 0.2) is 0 Å². The molecule has 1 fully saturated rings. The van der Waals surface area contributed by atoms with Crippen LogP contribution < -0.4 is 0 Å². The van der Waals surface area contributed by atoms with Gasteiger partial charge in [-0.15, -0.1) is 0 Å². The predicted molar refractivity (Wildman–Crippen MR) is 48.6 cm³/mol. The van der Waals surface area contributed by atoms with E-state index < -0.39 is 5.97 Å². The molecule has 0 bridgehead atoms. The van der Waals surface area contributed by atoms with Crippen molar-refractivity contribution in [2.45, 2.75) is 31.8 Å². The number of hydrogen-bond acceptors (Lipinski definition) is 3. The van der Waals surface area contributed by atoms with Gasteiger partial charge in [0.2, 0.25) is 0 Å². The zero-order valence-electron chi connectivity index (χ0n) is 7.78. The number of aliphatic hydroxyl groups is 1. The number of nitrogens with zero attached hydrogens (tertiary/aromatic N) is 1. The van der Waals surface area contributed by atoms with E-state index in [1.807, 2.05) is 0 Å². The van der Waals surface area contributed by atoms with E-state index >= 15 is 0 Å². The Kier molecular flexibility index (Phi) is 4.18. The van der Waals surface area contributed by atoms with E-state index in [0.717, 1.165) is 32.4 Å². The largest absolute Gasteiger partial charge is 0.481 e. The molecule has 0 aromatic heterocycles. The summed E-state index contributed by atoms with van der Waals surface area (Å²) in [7, 11) is 0. The number of carboxylic acid groups (broad SMARTS) is 1. The Bertz CT molecular complexity index is 172. The zero-order chi connectivity index (χ0) is 9.68. The SMILES string of the molecule is O=C(O)CCN1CCCC(O)CC1. The predicted octanol–water partition coefficient (Wildman–Crippen LogP) is 0.308. The molecule has 1 aliphatic rings. The van der Waals surface area contributed by atoms with E-state index in [4.69, 9.17) is 5.11 Å². The monoisotopic (exact) mass is 187 g/mol. The van der Waals surface area contributed by atoms with Gasteiger partial charge in [-0.25, -0.2) is 0 Å². The van der Waals surface area contributed by atoms with Crippen LogP contribution in [0.25, 0.3) is 0 Å². The van der Waals surface area contributed by atoms with Crippen molar-refractivity contribution in [3.8, 4) is 0 Å². The lowest BCUT2D eigenvalue weighted by atomic mass is 10.2. The van der Waals surface area contributed by atoms with Gasteiger partial charge in [0.25, 0.3) is 0 Å². The smallest absolute Gasteiger partial charge is 0.304 e. The number of carbonyl (C=O) groups is 1. The molecule has 1 unspecified atom stereocenters. The van der Waals surface area contributed by atoms with E-state index in [1.165, 1.54) is 0 Å². The number of likely N-dealkylation sites (tertiary alicyclic amines) is 1. The highest BCUT2D eigenvalue weighted by Gasteiger charge is 2.14. The average Bonchev–Trinajstić information content (AvgIpc) is 2.27. The fourth-order valence-corrected chi connectivity index (χ4v) is 1.62. The highest BCUT2D eigenvalue weighted by Crippen LogP contribution is 2.10. The van der Waals surface area contributed by atoms with Crippen LogP contribution in [-0.2, 0) is 4.79 Å². The first-order chi connectivity index (χ1) is 6.18. The third-order valence-electron chi connectivity index (χ3n) is 2.43. The summed E-state index contributed by atoms with van der Waals surface area (Å²) < 4.78 is 0. The van der Waals surface area contributed by atoms with Crippen LogP contribution in [0.4, 0.5) is 0 Å². The first-order valence-electron chi connectivity index (χ1n) is 4.80. The van der Waals surface area contributed by atoms with Crippen LogP contribution in [0.5, 0.6) is 0 Å². The van der Waals surface area contributed by atoms with Crippen molar-refractivity contribution in [3.05, 3.63) is 0 Å². The summed E-state index contributed by atoms with van der Waals surface area (Å²) in [6, 6.07) is 0. The first kappa shape index (κ1) is 10.5. The van der Waals surface area contributed by atoms with E-state index in [1.54, 1.807) is 0 Å². The summed E-state index contributed by atoms with van der Waals surface area (Å²) in [6.45, 7) is 2.36. The van der Waals surface area contributed by atoms with Crippen LogP contribution in [0, 0.1) is 0 Å². The van der Waals surface area contributed by atoms with Crippen LogP contribution in [-0.4, -0.2) is 46.8 Å². The molecule has 13 heavy (non-hydrogen) atoms. The van der Waals surface area contributed by atoms with Gasteiger partial charge in [0.1, 0.15) is 0 Å². The maximum absolute atomic E-state index is 10.3. The Morgan fingerprint density at radius 1 is 1.38 bits per heavy atom. The lowest BCUT2D eigenvalue weighted by molar-refractivity contribution is -0.137. The highest BCUT2D eigenvalue weighted by molar-refractivity contribution is 5.66. The standard InChI is InChI=1S/C9H17NO3/c11-8-2-1-5-10(6-3-8)7-4-9(12)13/h8,11H,1-7H2,(H,12,13). The third kappa shape index (κ3) is 4.24. The number of hydrogen-bond donors (Lipinski definition) is 2. The summed E-state index contributed by atoms with van der Waals surface area (Å²) in [6.07, 6.45) is 2.62. The van der Waals surface area contributed by atoms with Gasteiger partial charge in [0.15, 0.2) is 0 Å².